The SMILES string of the molecule is CCN1CCCN(C[C@H]2CN(c3ccccc3)C(=O)O2)CC1. The van der Waals surface area contributed by atoms with E-state index in [-0.39, 0.29) is 12.2 Å². The quantitative estimate of drug-likeness (QED) is 0.853. The molecule has 22 heavy (non-hydrogen) atoms. The molecule has 0 saturated carbocycles. The molecule has 120 valence electrons. The molecule has 2 saturated heterocycles. The highest BCUT2D eigenvalue weighted by Crippen LogP contribution is 2.21. The van der Waals surface area contributed by atoms with Gasteiger partial charge in [0, 0.05) is 25.3 Å². The maximum atomic E-state index is 12.1. The van der Waals surface area contributed by atoms with Crippen LogP contribution < -0.4 is 4.90 Å². The van der Waals surface area contributed by atoms with Crippen molar-refractivity contribution in [1.82, 2.24) is 9.80 Å². The summed E-state index contributed by atoms with van der Waals surface area (Å²) in [4.78, 5) is 18.7. The average Bonchev–Trinajstić information content (AvgIpc) is 2.76. The molecule has 1 amide bonds. The summed E-state index contributed by atoms with van der Waals surface area (Å²) in [5.41, 5.74) is 0.919. The first kappa shape index (κ1) is 15.3. The maximum Gasteiger partial charge on any atom is 0.414 e. The number of hydrogen-bond donors (Lipinski definition) is 0. The van der Waals surface area contributed by atoms with Gasteiger partial charge < -0.3 is 9.64 Å². The number of anilines is 1. The van der Waals surface area contributed by atoms with E-state index in [0.717, 1.165) is 38.4 Å². The van der Waals surface area contributed by atoms with Crippen LogP contribution in [0.5, 0.6) is 0 Å². The molecule has 3 rings (SSSR count). The van der Waals surface area contributed by atoms with Crippen LogP contribution in [0.15, 0.2) is 30.3 Å². The van der Waals surface area contributed by atoms with Crippen molar-refractivity contribution in [2.75, 3.05) is 50.7 Å². The van der Waals surface area contributed by atoms with Crippen molar-refractivity contribution in [3.05, 3.63) is 30.3 Å². The van der Waals surface area contributed by atoms with E-state index in [0.29, 0.717) is 6.54 Å². The summed E-state index contributed by atoms with van der Waals surface area (Å²) in [7, 11) is 0. The van der Waals surface area contributed by atoms with E-state index >= 15 is 0 Å². The Labute approximate surface area is 132 Å². The first-order valence-corrected chi connectivity index (χ1v) is 8.24. The largest absolute Gasteiger partial charge is 0.443 e. The smallest absolute Gasteiger partial charge is 0.414 e. The average molecular weight is 303 g/mol. The lowest BCUT2D eigenvalue weighted by molar-refractivity contribution is 0.110. The van der Waals surface area contributed by atoms with Gasteiger partial charge in [-0.3, -0.25) is 9.80 Å². The number of carbonyl (C=O) groups is 1. The van der Waals surface area contributed by atoms with Gasteiger partial charge in [-0.2, -0.15) is 0 Å². The van der Waals surface area contributed by atoms with Crippen LogP contribution in [0, 0.1) is 0 Å². The maximum absolute atomic E-state index is 12.1. The van der Waals surface area contributed by atoms with E-state index in [1.54, 1.807) is 4.90 Å². The second-order valence-electron chi connectivity index (χ2n) is 6.04. The Balaban J connectivity index is 1.55. The van der Waals surface area contributed by atoms with Crippen LogP contribution >= 0.6 is 0 Å². The Bertz CT molecular complexity index is 494. The molecule has 0 spiro atoms. The number of likely N-dealkylation sites (N-methyl/N-ethyl adjacent to an activating group) is 1. The molecule has 0 radical (unpaired) electrons. The lowest BCUT2D eigenvalue weighted by Gasteiger charge is -2.23. The zero-order valence-electron chi connectivity index (χ0n) is 13.3. The fraction of sp³-hybridized carbons (Fsp3) is 0.588. The number of cyclic esters (lactones) is 1. The van der Waals surface area contributed by atoms with E-state index < -0.39 is 0 Å². The number of amides is 1. The van der Waals surface area contributed by atoms with E-state index in [1.165, 1.54) is 13.0 Å². The van der Waals surface area contributed by atoms with Crippen LogP contribution in [-0.4, -0.2) is 67.8 Å². The van der Waals surface area contributed by atoms with E-state index in [9.17, 15) is 4.79 Å². The fourth-order valence-corrected chi connectivity index (χ4v) is 3.25. The number of nitrogens with zero attached hydrogens (tertiary/aromatic N) is 3. The molecule has 0 aromatic heterocycles. The van der Waals surface area contributed by atoms with E-state index in [2.05, 4.69) is 16.7 Å². The minimum absolute atomic E-state index is 0.0270. The van der Waals surface area contributed by atoms with Gasteiger partial charge >= 0.3 is 6.09 Å². The lowest BCUT2D eigenvalue weighted by atomic mass is 10.2. The number of para-hydroxylation sites is 1. The van der Waals surface area contributed by atoms with Crippen molar-refractivity contribution in [1.29, 1.82) is 0 Å². The first-order valence-electron chi connectivity index (χ1n) is 8.24. The van der Waals surface area contributed by atoms with Crippen LogP contribution in [0.4, 0.5) is 10.5 Å². The van der Waals surface area contributed by atoms with Gasteiger partial charge in [-0.1, -0.05) is 25.1 Å². The first-order chi connectivity index (χ1) is 10.8. The molecule has 5 heteroatoms. The third kappa shape index (κ3) is 3.59. The molecule has 2 fully saturated rings. The minimum atomic E-state index is -0.221. The molecule has 1 aromatic carbocycles. The normalized spacial score (nSPS) is 24.3. The number of hydrogen-bond acceptors (Lipinski definition) is 4. The third-order valence-corrected chi connectivity index (χ3v) is 4.53. The molecule has 1 atom stereocenters. The topological polar surface area (TPSA) is 36.0 Å². The van der Waals surface area contributed by atoms with Crippen molar-refractivity contribution >= 4 is 11.8 Å². The number of ether oxygens (including phenoxy) is 1. The van der Waals surface area contributed by atoms with Gasteiger partial charge in [-0.15, -0.1) is 0 Å². The Morgan fingerprint density at radius 2 is 1.82 bits per heavy atom. The molecular formula is C17H25N3O2. The van der Waals surface area contributed by atoms with Crippen molar-refractivity contribution in [3.8, 4) is 0 Å². The second kappa shape index (κ2) is 7.11. The van der Waals surface area contributed by atoms with Gasteiger partial charge in [0.05, 0.1) is 6.54 Å². The summed E-state index contributed by atoms with van der Waals surface area (Å²) in [5, 5.41) is 0. The summed E-state index contributed by atoms with van der Waals surface area (Å²) < 4.78 is 5.56. The van der Waals surface area contributed by atoms with Gasteiger partial charge in [-0.25, -0.2) is 4.79 Å². The Morgan fingerprint density at radius 1 is 1.09 bits per heavy atom. The van der Waals surface area contributed by atoms with Crippen LogP contribution in [0.3, 0.4) is 0 Å². The van der Waals surface area contributed by atoms with Crippen LogP contribution in [0.1, 0.15) is 13.3 Å². The molecule has 2 heterocycles. The molecule has 2 aliphatic rings. The van der Waals surface area contributed by atoms with Crippen molar-refractivity contribution in [3.63, 3.8) is 0 Å². The lowest BCUT2D eigenvalue weighted by Crippen LogP contribution is -2.37. The summed E-state index contributed by atoms with van der Waals surface area (Å²) in [5.74, 6) is 0. The molecule has 0 unspecified atom stereocenters. The minimum Gasteiger partial charge on any atom is -0.443 e. The predicted octanol–water partition coefficient (Wildman–Crippen LogP) is 2.04. The molecule has 5 nitrogen and oxygen atoms in total. The zero-order chi connectivity index (χ0) is 15.4. The van der Waals surface area contributed by atoms with Crippen molar-refractivity contribution in [2.24, 2.45) is 0 Å². The summed E-state index contributed by atoms with van der Waals surface area (Å²) in [6, 6.07) is 9.76. The summed E-state index contributed by atoms with van der Waals surface area (Å²) in [6.07, 6.45) is 0.943. The van der Waals surface area contributed by atoms with Gasteiger partial charge in [0.15, 0.2) is 0 Å². The monoisotopic (exact) mass is 303 g/mol. The molecule has 1 aromatic rings. The highest BCUT2D eigenvalue weighted by atomic mass is 16.6. The van der Waals surface area contributed by atoms with Gasteiger partial charge in [0.1, 0.15) is 6.10 Å². The molecule has 0 bridgehead atoms. The van der Waals surface area contributed by atoms with Crippen LogP contribution in [0.2, 0.25) is 0 Å². The van der Waals surface area contributed by atoms with Crippen LogP contribution in [0.25, 0.3) is 0 Å². The van der Waals surface area contributed by atoms with Gasteiger partial charge in [0.25, 0.3) is 0 Å². The number of carbonyl (C=O) groups excluding carboxylic acids is 1. The number of benzene rings is 1. The van der Waals surface area contributed by atoms with E-state index in [1.807, 2.05) is 30.3 Å². The second-order valence-corrected chi connectivity index (χ2v) is 6.04. The summed E-state index contributed by atoms with van der Waals surface area (Å²) in [6.45, 7) is 9.26. The van der Waals surface area contributed by atoms with Gasteiger partial charge in [-0.05, 0) is 38.2 Å². The molecule has 0 N–H and O–H groups in total. The van der Waals surface area contributed by atoms with E-state index in [4.69, 9.17) is 4.74 Å². The van der Waals surface area contributed by atoms with Crippen molar-refractivity contribution in [2.45, 2.75) is 19.4 Å². The predicted molar refractivity (Wildman–Crippen MR) is 87.2 cm³/mol. The van der Waals surface area contributed by atoms with Crippen LogP contribution in [-0.2, 0) is 4.74 Å². The van der Waals surface area contributed by atoms with Crippen molar-refractivity contribution < 1.29 is 9.53 Å². The highest BCUT2D eigenvalue weighted by molar-refractivity contribution is 5.89. The molecule has 2 aliphatic heterocycles. The Hall–Kier alpha value is -1.59. The molecule has 0 aliphatic carbocycles. The van der Waals surface area contributed by atoms with Gasteiger partial charge in [0.2, 0.25) is 0 Å². The summed E-state index contributed by atoms with van der Waals surface area (Å²) >= 11 is 0. The Kier molecular flexibility index (Phi) is 4.95. The zero-order valence-corrected chi connectivity index (χ0v) is 13.3. The number of rotatable bonds is 4. The Morgan fingerprint density at radius 3 is 2.59 bits per heavy atom. The third-order valence-electron chi connectivity index (χ3n) is 4.53. The fourth-order valence-electron chi connectivity index (χ4n) is 3.25. The molecular weight excluding hydrogens is 278 g/mol. The standard InChI is InChI=1S/C17H25N3O2/c1-2-18-9-6-10-19(12-11-18)13-16-14-20(17(21)22-16)15-7-4-3-5-8-15/h3-5,7-8,16H,2,6,9-14H2,1H3/t16-/m0/s1. The highest BCUT2D eigenvalue weighted by Gasteiger charge is 2.33.